The average Bonchev–Trinajstić information content (AvgIpc) is 3.35. The van der Waals surface area contributed by atoms with Crippen LogP contribution in [0, 0.1) is 13.9 Å². The maximum Gasteiger partial charge on any atom is 0.270 e. The van der Waals surface area contributed by atoms with Gasteiger partial charge in [-0.1, -0.05) is 44.5 Å². The number of carbonyl (C=O) groups excluding carboxylic acids is 1. The second-order valence-electron chi connectivity index (χ2n) is 8.15. The first-order valence-corrected chi connectivity index (χ1v) is 14.0. The Kier molecular flexibility index (Phi) is 5.77. The Labute approximate surface area is 216 Å². The van der Waals surface area contributed by atoms with Gasteiger partial charge >= 0.3 is 0 Å². The van der Waals surface area contributed by atoms with Crippen LogP contribution >= 0.6 is 55.8 Å². The van der Waals surface area contributed by atoms with Crippen molar-refractivity contribution >= 4 is 83.2 Å². The van der Waals surface area contributed by atoms with Gasteiger partial charge in [0.25, 0.3) is 11.6 Å². The number of nitro benzene ring substituents is 1. The standard InChI is InChI=1S/C23H17ClN2O4S4/c1-4-30-12-6-8-15-14(10-12)17-20(33-34-22(17)31)23(2,3)25(15)21(27)19-18(24)13-7-5-11(26(28)29)9-16(13)32-19/h5-10H,4H2,1-3H3. The lowest BCUT2D eigenvalue weighted by molar-refractivity contribution is -0.384. The molecule has 0 unspecified atom stereocenters. The number of non-ortho nitro benzene ring substituents is 1. The summed E-state index contributed by atoms with van der Waals surface area (Å²) in [6.45, 7) is 6.43. The van der Waals surface area contributed by atoms with Gasteiger partial charge in [0, 0.05) is 33.3 Å². The van der Waals surface area contributed by atoms with E-state index in [2.05, 4.69) is 0 Å². The summed E-state index contributed by atoms with van der Waals surface area (Å²) in [6, 6.07) is 10.1. The molecule has 0 saturated carbocycles. The Morgan fingerprint density at radius 3 is 2.71 bits per heavy atom. The maximum atomic E-state index is 14.1. The van der Waals surface area contributed by atoms with E-state index in [-0.39, 0.29) is 11.6 Å². The maximum absolute atomic E-state index is 14.1. The zero-order valence-electron chi connectivity index (χ0n) is 18.2. The Balaban J connectivity index is 1.71. The second kappa shape index (κ2) is 8.39. The Morgan fingerprint density at radius 1 is 1.24 bits per heavy atom. The SMILES string of the molecule is CCOc1ccc2c(c1)-c1c(ssc1=S)C(C)(C)N2C(=O)c1sc2cc([N+](=O)[O-])ccc2c1Cl. The molecule has 1 amide bonds. The van der Waals surface area contributed by atoms with Crippen LogP contribution in [0.1, 0.15) is 35.3 Å². The van der Waals surface area contributed by atoms with E-state index >= 15 is 0 Å². The van der Waals surface area contributed by atoms with Crippen LogP contribution in [0.2, 0.25) is 5.02 Å². The molecule has 0 spiro atoms. The molecule has 11 heteroatoms. The van der Waals surface area contributed by atoms with Gasteiger partial charge in [-0.05, 0) is 45.0 Å². The highest BCUT2D eigenvalue weighted by Crippen LogP contribution is 2.54. The molecule has 2 aromatic heterocycles. The lowest BCUT2D eigenvalue weighted by atomic mass is 9.87. The predicted molar refractivity (Wildman–Crippen MR) is 143 cm³/mol. The molecule has 0 N–H and O–H groups in total. The fourth-order valence-electron chi connectivity index (χ4n) is 4.23. The normalized spacial score (nSPS) is 14.1. The lowest BCUT2D eigenvalue weighted by Crippen LogP contribution is -2.47. The van der Waals surface area contributed by atoms with E-state index in [1.54, 1.807) is 21.3 Å². The molecule has 0 fully saturated rings. The van der Waals surface area contributed by atoms with Crippen molar-refractivity contribution in [1.29, 1.82) is 0 Å². The van der Waals surface area contributed by atoms with Crippen LogP contribution in [0.4, 0.5) is 11.4 Å². The number of anilines is 1. The molecule has 0 aliphatic carbocycles. The highest BCUT2D eigenvalue weighted by Gasteiger charge is 2.44. The molecule has 2 aromatic carbocycles. The smallest absolute Gasteiger partial charge is 0.270 e. The number of thiophene rings is 1. The van der Waals surface area contributed by atoms with E-state index in [1.807, 2.05) is 39.0 Å². The first-order chi connectivity index (χ1) is 16.1. The Hall–Kier alpha value is -2.37. The van der Waals surface area contributed by atoms with Crippen LogP contribution in [0.3, 0.4) is 0 Å². The number of carbonyl (C=O) groups is 1. The van der Waals surface area contributed by atoms with Gasteiger partial charge in [0.1, 0.15) is 14.5 Å². The lowest BCUT2D eigenvalue weighted by Gasteiger charge is -2.42. The van der Waals surface area contributed by atoms with Crippen molar-refractivity contribution in [3.63, 3.8) is 0 Å². The quantitative estimate of drug-likeness (QED) is 0.111. The van der Waals surface area contributed by atoms with Crippen LogP contribution in [0.25, 0.3) is 21.2 Å². The van der Waals surface area contributed by atoms with Crippen LogP contribution in [0.15, 0.2) is 36.4 Å². The minimum absolute atomic E-state index is 0.0424. The zero-order chi connectivity index (χ0) is 24.4. The molecule has 0 saturated heterocycles. The van der Waals surface area contributed by atoms with Crippen molar-refractivity contribution in [3.05, 3.63) is 65.1 Å². The number of nitro groups is 1. The summed E-state index contributed by atoms with van der Waals surface area (Å²) in [7, 11) is 3.09. The number of hydrogen-bond donors (Lipinski definition) is 0. The number of nitrogens with zero attached hydrogens (tertiary/aromatic N) is 2. The van der Waals surface area contributed by atoms with Crippen LogP contribution in [0.5, 0.6) is 5.75 Å². The summed E-state index contributed by atoms with van der Waals surface area (Å²) in [5, 5.41) is 12.1. The summed E-state index contributed by atoms with van der Waals surface area (Å²) < 4.78 is 7.09. The monoisotopic (exact) mass is 548 g/mol. The van der Waals surface area contributed by atoms with Gasteiger partial charge in [0.05, 0.1) is 32.7 Å². The van der Waals surface area contributed by atoms with E-state index in [0.717, 1.165) is 36.9 Å². The fourth-order valence-corrected chi connectivity index (χ4v) is 8.99. The number of halogens is 1. The minimum atomic E-state index is -0.684. The number of amides is 1. The largest absolute Gasteiger partial charge is 0.494 e. The van der Waals surface area contributed by atoms with Crippen LogP contribution < -0.4 is 9.64 Å². The van der Waals surface area contributed by atoms with Gasteiger partial charge in [-0.25, -0.2) is 0 Å². The van der Waals surface area contributed by atoms with Gasteiger partial charge in [-0.3, -0.25) is 19.8 Å². The fraction of sp³-hybridized carbons (Fsp3) is 0.217. The summed E-state index contributed by atoms with van der Waals surface area (Å²) >= 11 is 13.5. The van der Waals surface area contributed by atoms with Gasteiger partial charge < -0.3 is 4.74 Å². The second-order valence-corrected chi connectivity index (χ2v) is 12.4. The first kappa shape index (κ1) is 23.4. The third kappa shape index (κ3) is 3.47. The molecule has 174 valence electrons. The molecule has 3 heterocycles. The molecular weight excluding hydrogens is 532 g/mol. The van der Waals surface area contributed by atoms with Crippen LogP contribution in [-0.4, -0.2) is 17.4 Å². The van der Waals surface area contributed by atoms with Crippen molar-refractivity contribution in [2.24, 2.45) is 0 Å². The summed E-state index contributed by atoms with van der Waals surface area (Å²) in [6.07, 6.45) is 0. The highest BCUT2D eigenvalue weighted by molar-refractivity contribution is 7.80. The molecular formula is C23H17ClN2O4S4. The summed E-state index contributed by atoms with van der Waals surface area (Å²) in [4.78, 5) is 27.9. The molecule has 0 atom stereocenters. The van der Waals surface area contributed by atoms with E-state index in [4.69, 9.17) is 28.6 Å². The van der Waals surface area contributed by atoms with E-state index in [1.165, 1.54) is 22.5 Å². The van der Waals surface area contributed by atoms with Gasteiger partial charge in [-0.15, -0.1) is 11.3 Å². The molecule has 1 aliphatic heterocycles. The number of hydrogen-bond acceptors (Lipinski definition) is 8. The molecule has 4 aromatic rings. The van der Waals surface area contributed by atoms with Crippen LogP contribution in [-0.2, 0) is 5.54 Å². The number of ether oxygens (including phenoxy) is 1. The van der Waals surface area contributed by atoms with Crippen molar-refractivity contribution in [2.45, 2.75) is 26.3 Å². The van der Waals surface area contributed by atoms with E-state index in [0.29, 0.717) is 32.3 Å². The van der Waals surface area contributed by atoms with E-state index < -0.39 is 10.5 Å². The van der Waals surface area contributed by atoms with E-state index in [9.17, 15) is 14.9 Å². The average molecular weight is 549 g/mol. The molecule has 1 aliphatic rings. The van der Waals surface area contributed by atoms with Gasteiger partial charge in [-0.2, -0.15) is 0 Å². The third-order valence-electron chi connectivity index (χ3n) is 5.76. The predicted octanol–water partition coefficient (Wildman–Crippen LogP) is 8.28. The Morgan fingerprint density at radius 2 is 2.00 bits per heavy atom. The number of benzene rings is 2. The summed E-state index contributed by atoms with van der Waals surface area (Å²) in [5.41, 5.74) is 1.81. The zero-order valence-corrected chi connectivity index (χ0v) is 22.2. The number of fused-ring (bicyclic) bond motifs is 4. The van der Waals surface area contributed by atoms with Crippen molar-refractivity contribution in [2.75, 3.05) is 11.5 Å². The molecule has 0 bridgehead atoms. The van der Waals surface area contributed by atoms with Gasteiger partial charge in [0.15, 0.2) is 0 Å². The topological polar surface area (TPSA) is 72.7 Å². The van der Waals surface area contributed by atoms with Crippen molar-refractivity contribution in [3.8, 4) is 16.9 Å². The molecule has 6 nitrogen and oxygen atoms in total. The Bertz CT molecular complexity index is 1550. The summed E-state index contributed by atoms with van der Waals surface area (Å²) in [5.74, 6) is 0.441. The molecule has 34 heavy (non-hydrogen) atoms. The highest BCUT2D eigenvalue weighted by atomic mass is 35.5. The molecule has 5 rings (SSSR count). The minimum Gasteiger partial charge on any atom is -0.494 e. The molecule has 0 radical (unpaired) electrons. The van der Waals surface area contributed by atoms with Crippen molar-refractivity contribution < 1.29 is 14.5 Å². The first-order valence-electron chi connectivity index (χ1n) is 10.3. The van der Waals surface area contributed by atoms with Crippen molar-refractivity contribution in [1.82, 2.24) is 0 Å². The number of rotatable bonds is 4. The van der Waals surface area contributed by atoms with Gasteiger partial charge in [0.2, 0.25) is 0 Å². The third-order valence-corrected chi connectivity index (χ3v) is 10.7.